The van der Waals surface area contributed by atoms with Crippen LogP contribution in [0.3, 0.4) is 0 Å². The summed E-state index contributed by atoms with van der Waals surface area (Å²) < 4.78 is 5.15. The average Bonchev–Trinajstić information content (AvgIpc) is 2.46. The van der Waals surface area contributed by atoms with Crippen molar-refractivity contribution in [1.82, 2.24) is 4.90 Å². The molecule has 2 unspecified atom stereocenters. The number of nitrogens with zero attached hydrogens (tertiary/aromatic N) is 1. The molecule has 2 aliphatic rings. The molecule has 46 valence electrons. The first-order valence-corrected chi connectivity index (χ1v) is 2.68. The zero-order valence-corrected chi connectivity index (χ0v) is 4.76. The minimum Gasteiger partial charge on any atom is -0.360 e. The lowest BCUT2D eigenvalue weighted by atomic mass is 10.7. The Hall–Kier alpha value is -0.410. The largest absolute Gasteiger partial charge is 0.360 e. The van der Waals surface area contributed by atoms with Gasteiger partial charge in [-0.05, 0) is 6.72 Å². The van der Waals surface area contributed by atoms with Crippen molar-refractivity contribution in [1.29, 1.82) is 5.41 Å². The van der Waals surface area contributed by atoms with Crippen molar-refractivity contribution in [3.05, 3.63) is 0 Å². The second kappa shape index (κ2) is 2.24. The second-order valence-electron chi connectivity index (χ2n) is 1.82. The summed E-state index contributed by atoms with van der Waals surface area (Å²) in [5.41, 5.74) is 0. The van der Waals surface area contributed by atoms with E-state index in [0.717, 1.165) is 6.61 Å². The molecule has 0 aromatic carbocycles. The summed E-state index contributed by atoms with van der Waals surface area (Å²) in [7, 11) is 0. The van der Waals surface area contributed by atoms with Crippen LogP contribution < -0.4 is 0 Å². The highest BCUT2D eigenvalue weighted by Gasteiger charge is 2.39. The van der Waals surface area contributed by atoms with Gasteiger partial charge in [0.1, 0.15) is 6.23 Å². The predicted molar refractivity (Wildman–Crippen MR) is 31.2 cm³/mol. The van der Waals surface area contributed by atoms with Crippen LogP contribution in [0.1, 0.15) is 0 Å². The molecule has 0 spiro atoms. The summed E-state index contributed by atoms with van der Waals surface area (Å²) in [6.07, 6.45) is 0.546. The van der Waals surface area contributed by atoms with Crippen LogP contribution in [0.2, 0.25) is 0 Å². The van der Waals surface area contributed by atoms with Crippen molar-refractivity contribution in [2.45, 2.75) is 6.23 Å². The van der Waals surface area contributed by atoms with Gasteiger partial charge >= 0.3 is 0 Å². The minimum atomic E-state index is 0.546. The summed E-state index contributed by atoms with van der Waals surface area (Å²) in [6.45, 7) is 5.83. The fourth-order valence-electron chi connectivity index (χ4n) is 0.853. The van der Waals surface area contributed by atoms with E-state index in [1.165, 1.54) is 13.1 Å². The van der Waals surface area contributed by atoms with Crippen LogP contribution in [0.5, 0.6) is 0 Å². The van der Waals surface area contributed by atoms with Crippen molar-refractivity contribution in [3.8, 4) is 0 Å². The Labute approximate surface area is 48.8 Å². The Morgan fingerprint density at radius 2 is 2.38 bits per heavy atom. The molecule has 1 N–H and O–H groups in total. The van der Waals surface area contributed by atoms with Crippen molar-refractivity contribution >= 4 is 6.72 Å². The van der Waals surface area contributed by atoms with Crippen LogP contribution in [-0.2, 0) is 4.74 Å². The number of morpholine rings is 1. The molecule has 3 heteroatoms. The molecule has 2 rings (SSSR count). The van der Waals surface area contributed by atoms with E-state index in [0.29, 0.717) is 6.23 Å². The van der Waals surface area contributed by atoms with Gasteiger partial charge in [0.15, 0.2) is 0 Å². The Morgan fingerprint density at radius 1 is 1.62 bits per heavy atom. The average molecular weight is 114 g/mol. The lowest BCUT2D eigenvalue weighted by Gasteiger charge is -1.83. The third-order valence-corrected chi connectivity index (χ3v) is 1.35. The zero-order valence-electron chi connectivity index (χ0n) is 4.76. The maximum Gasteiger partial charge on any atom is 0.123 e. The van der Waals surface area contributed by atoms with E-state index in [-0.39, 0.29) is 0 Å². The lowest BCUT2D eigenvalue weighted by Crippen LogP contribution is -1.96. The van der Waals surface area contributed by atoms with E-state index in [9.17, 15) is 0 Å². The number of nitrogens with one attached hydrogen (secondary N) is 1. The van der Waals surface area contributed by atoms with E-state index >= 15 is 0 Å². The molecular weight excluding hydrogens is 104 g/mol. The topological polar surface area (TPSA) is 36.1 Å². The summed E-state index contributed by atoms with van der Waals surface area (Å²) in [4.78, 5) is 2.31. The smallest absolute Gasteiger partial charge is 0.123 e. The number of hydrogen-bond donors (Lipinski definition) is 1. The first kappa shape index (κ1) is 5.72. The van der Waals surface area contributed by atoms with Gasteiger partial charge in [0.25, 0.3) is 0 Å². The van der Waals surface area contributed by atoms with Crippen molar-refractivity contribution in [3.63, 3.8) is 0 Å². The molecule has 0 aliphatic carbocycles. The maximum absolute atomic E-state index is 5.50. The van der Waals surface area contributed by atoms with E-state index in [2.05, 4.69) is 11.6 Å². The summed E-state index contributed by atoms with van der Waals surface area (Å²) in [5.74, 6) is 0. The van der Waals surface area contributed by atoms with Gasteiger partial charge in [-0.15, -0.1) is 0 Å². The number of hydrogen-bond acceptors (Lipinski definition) is 3. The standard InChI is InChI=1S/C4H7NO.CH3N/c1-2-6-4-3-5(1)4;1-2/h4H,1-3H2;2H,1H2. The van der Waals surface area contributed by atoms with Gasteiger partial charge < -0.3 is 10.1 Å². The van der Waals surface area contributed by atoms with Gasteiger partial charge in [-0.1, -0.05) is 0 Å². The van der Waals surface area contributed by atoms with Crippen LogP contribution in [0.15, 0.2) is 0 Å². The van der Waals surface area contributed by atoms with Crippen molar-refractivity contribution < 1.29 is 4.74 Å². The Morgan fingerprint density at radius 3 is 2.50 bits per heavy atom. The van der Waals surface area contributed by atoms with Crippen molar-refractivity contribution in [2.24, 2.45) is 0 Å². The molecule has 2 fully saturated rings. The lowest BCUT2D eigenvalue weighted by molar-refractivity contribution is 0.159. The highest BCUT2D eigenvalue weighted by molar-refractivity contribution is 5.15. The molecule has 0 saturated carbocycles. The normalized spacial score (nSPS) is 39.5. The molecule has 3 nitrogen and oxygen atoms in total. The van der Waals surface area contributed by atoms with Gasteiger partial charge in [-0.2, -0.15) is 0 Å². The quantitative estimate of drug-likeness (QED) is 0.353. The third-order valence-electron chi connectivity index (χ3n) is 1.35. The SMILES string of the molecule is C1CN2CC2O1.C=N. The highest BCUT2D eigenvalue weighted by atomic mass is 16.5. The summed E-state index contributed by atoms with van der Waals surface area (Å²) in [5, 5.41) is 5.50. The molecule has 0 bridgehead atoms. The van der Waals surface area contributed by atoms with Crippen LogP contribution in [0.25, 0.3) is 0 Å². The van der Waals surface area contributed by atoms with Gasteiger partial charge in [0.05, 0.1) is 6.61 Å². The number of ether oxygens (including phenoxy) is 1. The predicted octanol–water partition coefficient (Wildman–Crippen LogP) is -0.0759. The molecule has 0 amide bonds. The highest BCUT2D eigenvalue weighted by Crippen LogP contribution is 2.22. The van der Waals surface area contributed by atoms with E-state index in [1.807, 2.05) is 0 Å². The Bertz CT molecular complexity index is 78.5. The fourth-order valence-corrected chi connectivity index (χ4v) is 0.853. The first-order valence-electron chi connectivity index (χ1n) is 2.68. The second-order valence-corrected chi connectivity index (χ2v) is 1.82. The maximum atomic E-state index is 5.50. The Kier molecular flexibility index (Phi) is 1.60. The minimum absolute atomic E-state index is 0.546. The molecule has 0 radical (unpaired) electrons. The van der Waals surface area contributed by atoms with Gasteiger partial charge in [0, 0.05) is 13.1 Å². The van der Waals surface area contributed by atoms with Gasteiger partial charge in [-0.25, -0.2) is 0 Å². The molecule has 2 saturated heterocycles. The van der Waals surface area contributed by atoms with Gasteiger partial charge in [-0.3, -0.25) is 4.90 Å². The van der Waals surface area contributed by atoms with Crippen molar-refractivity contribution in [2.75, 3.05) is 19.7 Å². The first-order chi connectivity index (χ1) is 3.97. The molecule has 2 heterocycles. The van der Waals surface area contributed by atoms with Crippen LogP contribution in [-0.4, -0.2) is 37.5 Å². The fraction of sp³-hybridized carbons (Fsp3) is 0.800. The number of fused-ring (bicyclic) bond motifs is 1. The van der Waals surface area contributed by atoms with Crippen LogP contribution in [0.4, 0.5) is 0 Å². The van der Waals surface area contributed by atoms with E-state index < -0.39 is 0 Å². The molecule has 2 aliphatic heterocycles. The zero-order chi connectivity index (χ0) is 5.98. The van der Waals surface area contributed by atoms with E-state index in [1.54, 1.807) is 0 Å². The molecule has 2 atom stereocenters. The molecular formula is C5H10N2O. The third kappa shape index (κ3) is 0.877. The van der Waals surface area contributed by atoms with Gasteiger partial charge in [0.2, 0.25) is 0 Å². The number of rotatable bonds is 0. The van der Waals surface area contributed by atoms with Crippen LogP contribution in [0, 0.1) is 5.41 Å². The molecule has 0 aromatic heterocycles. The Balaban J connectivity index is 0.000000147. The molecule has 8 heavy (non-hydrogen) atoms. The summed E-state index contributed by atoms with van der Waals surface area (Å²) in [6, 6.07) is 0. The summed E-state index contributed by atoms with van der Waals surface area (Å²) >= 11 is 0. The molecule has 0 aromatic rings. The van der Waals surface area contributed by atoms with Crippen LogP contribution >= 0.6 is 0 Å². The van der Waals surface area contributed by atoms with E-state index in [4.69, 9.17) is 10.1 Å². The monoisotopic (exact) mass is 114 g/mol.